The molecule has 0 atom stereocenters. The molecule has 1 fully saturated rings. The van der Waals surface area contributed by atoms with Crippen molar-refractivity contribution in [1.82, 2.24) is 4.90 Å². The Labute approximate surface area is 107 Å². The predicted octanol–water partition coefficient (Wildman–Crippen LogP) is 1.61. The lowest BCUT2D eigenvalue weighted by Crippen LogP contribution is -2.64. The molecule has 1 aromatic heterocycles. The monoisotopic (exact) mass is 252 g/mol. The zero-order valence-corrected chi connectivity index (χ0v) is 11.1. The molecular formula is C13H20N2OS. The van der Waals surface area contributed by atoms with E-state index < -0.39 is 0 Å². The third kappa shape index (κ3) is 1.83. The fraction of sp³-hybridized carbons (Fsp3) is 0.692. The molecule has 1 aliphatic heterocycles. The number of hydrogen-bond acceptors (Lipinski definition) is 4. The molecular weight excluding hydrogens is 232 g/mol. The predicted molar refractivity (Wildman–Crippen MR) is 70.2 cm³/mol. The first-order valence-corrected chi connectivity index (χ1v) is 7.18. The Kier molecular flexibility index (Phi) is 2.99. The standard InChI is InChI=1S/C13H20N2OS/c1-16-11-6-13(7-11,9-14)15-4-2-12-10(8-15)3-5-17-12/h3,5,11H,2,4,6-9,14H2,1H3. The second-order valence-electron chi connectivity index (χ2n) is 5.23. The quantitative estimate of drug-likeness (QED) is 0.888. The molecule has 4 heteroatoms. The smallest absolute Gasteiger partial charge is 0.0607 e. The molecule has 0 unspecified atom stereocenters. The van der Waals surface area contributed by atoms with Crippen molar-refractivity contribution in [2.45, 2.75) is 37.5 Å². The van der Waals surface area contributed by atoms with Gasteiger partial charge in [0.1, 0.15) is 0 Å². The van der Waals surface area contributed by atoms with Crippen LogP contribution in [0.25, 0.3) is 0 Å². The molecule has 3 rings (SSSR count). The number of methoxy groups -OCH3 is 1. The summed E-state index contributed by atoms with van der Waals surface area (Å²) in [6.07, 6.45) is 3.80. The Morgan fingerprint density at radius 3 is 3.12 bits per heavy atom. The van der Waals surface area contributed by atoms with Crippen molar-refractivity contribution in [3.63, 3.8) is 0 Å². The van der Waals surface area contributed by atoms with E-state index in [9.17, 15) is 0 Å². The van der Waals surface area contributed by atoms with Crippen LogP contribution < -0.4 is 5.73 Å². The highest BCUT2D eigenvalue weighted by molar-refractivity contribution is 7.10. The lowest BCUT2D eigenvalue weighted by molar-refractivity contribution is -0.0921. The van der Waals surface area contributed by atoms with E-state index in [1.807, 2.05) is 11.3 Å². The van der Waals surface area contributed by atoms with Crippen LogP contribution in [-0.2, 0) is 17.7 Å². The van der Waals surface area contributed by atoms with Crippen LogP contribution in [0.4, 0.5) is 0 Å². The van der Waals surface area contributed by atoms with Gasteiger partial charge in [0.25, 0.3) is 0 Å². The first kappa shape index (κ1) is 11.7. The molecule has 0 amide bonds. The fourth-order valence-corrected chi connectivity index (χ4v) is 4.05. The van der Waals surface area contributed by atoms with Crippen LogP contribution >= 0.6 is 11.3 Å². The fourth-order valence-electron chi connectivity index (χ4n) is 3.16. The van der Waals surface area contributed by atoms with Gasteiger partial charge in [0.15, 0.2) is 0 Å². The summed E-state index contributed by atoms with van der Waals surface area (Å²) >= 11 is 1.89. The third-order valence-electron chi connectivity index (χ3n) is 4.41. The van der Waals surface area contributed by atoms with Crippen molar-refractivity contribution in [3.05, 3.63) is 21.9 Å². The van der Waals surface area contributed by atoms with Gasteiger partial charge in [-0.05, 0) is 36.3 Å². The summed E-state index contributed by atoms with van der Waals surface area (Å²) in [4.78, 5) is 4.15. The molecule has 0 spiro atoms. The van der Waals surface area contributed by atoms with Crippen molar-refractivity contribution in [3.8, 4) is 0 Å². The lowest BCUT2D eigenvalue weighted by atomic mass is 9.72. The maximum Gasteiger partial charge on any atom is 0.0607 e. The van der Waals surface area contributed by atoms with Gasteiger partial charge in [-0.1, -0.05) is 0 Å². The van der Waals surface area contributed by atoms with Crippen LogP contribution in [0.5, 0.6) is 0 Å². The summed E-state index contributed by atoms with van der Waals surface area (Å²) in [5.74, 6) is 0. The van der Waals surface area contributed by atoms with Crippen molar-refractivity contribution in [2.75, 3.05) is 20.2 Å². The molecule has 0 bridgehead atoms. The molecule has 94 valence electrons. The van der Waals surface area contributed by atoms with Crippen LogP contribution in [0, 0.1) is 0 Å². The summed E-state index contributed by atoms with van der Waals surface area (Å²) in [5.41, 5.74) is 7.74. The minimum Gasteiger partial charge on any atom is -0.381 e. The van der Waals surface area contributed by atoms with E-state index in [2.05, 4.69) is 16.3 Å². The molecule has 2 aliphatic rings. The number of rotatable bonds is 3. The lowest BCUT2D eigenvalue weighted by Gasteiger charge is -2.54. The molecule has 1 aliphatic carbocycles. The average molecular weight is 252 g/mol. The van der Waals surface area contributed by atoms with E-state index in [-0.39, 0.29) is 5.54 Å². The molecule has 0 saturated heterocycles. The number of nitrogens with zero attached hydrogens (tertiary/aromatic N) is 1. The van der Waals surface area contributed by atoms with Gasteiger partial charge in [0, 0.05) is 37.2 Å². The first-order valence-electron chi connectivity index (χ1n) is 6.30. The van der Waals surface area contributed by atoms with Crippen LogP contribution in [0.15, 0.2) is 11.4 Å². The summed E-state index contributed by atoms with van der Waals surface area (Å²) in [7, 11) is 1.80. The number of thiophene rings is 1. The Morgan fingerprint density at radius 2 is 2.41 bits per heavy atom. The van der Waals surface area contributed by atoms with Gasteiger partial charge >= 0.3 is 0 Å². The van der Waals surface area contributed by atoms with Gasteiger partial charge in [-0.2, -0.15) is 0 Å². The average Bonchev–Trinajstić information content (AvgIpc) is 2.76. The van der Waals surface area contributed by atoms with Crippen LogP contribution in [-0.4, -0.2) is 36.7 Å². The second kappa shape index (κ2) is 4.35. The van der Waals surface area contributed by atoms with Crippen molar-refractivity contribution in [2.24, 2.45) is 5.73 Å². The summed E-state index contributed by atoms with van der Waals surface area (Å²) in [6, 6.07) is 2.27. The van der Waals surface area contributed by atoms with Crippen LogP contribution in [0.2, 0.25) is 0 Å². The van der Waals surface area contributed by atoms with E-state index in [4.69, 9.17) is 10.5 Å². The molecule has 1 aromatic rings. The first-order chi connectivity index (χ1) is 8.27. The van der Waals surface area contributed by atoms with Crippen molar-refractivity contribution >= 4 is 11.3 Å². The molecule has 3 nitrogen and oxygen atoms in total. The molecule has 2 N–H and O–H groups in total. The molecule has 0 aromatic carbocycles. The molecule has 0 radical (unpaired) electrons. The minimum absolute atomic E-state index is 0.209. The normalized spacial score (nSPS) is 33.2. The number of ether oxygens (including phenoxy) is 1. The van der Waals surface area contributed by atoms with Crippen LogP contribution in [0.1, 0.15) is 23.3 Å². The summed E-state index contributed by atoms with van der Waals surface area (Å²) in [5, 5.41) is 2.21. The zero-order chi connectivity index (χ0) is 11.9. The van der Waals surface area contributed by atoms with Gasteiger partial charge in [-0.25, -0.2) is 0 Å². The Hall–Kier alpha value is -0.420. The van der Waals surface area contributed by atoms with E-state index in [1.54, 1.807) is 12.0 Å². The zero-order valence-electron chi connectivity index (χ0n) is 10.3. The van der Waals surface area contributed by atoms with E-state index in [1.165, 1.54) is 12.0 Å². The Balaban J connectivity index is 1.73. The highest BCUT2D eigenvalue weighted by Gasteiger charge is 2.48. The topological polar surface area (TPSA) is 38.5 Å². The van der Waals surface area contributed by atoms with Crippen molar-refractivity contribution in [1.29, 1.82) is 0 Å². The molecule has 1 saturated carbocycles. The van der Waals surface area contributed by atoms with E-state index in [0.717, 1.165) is 32.5 Å². The van der Waals surface area contributed by atoms with Gasteiger partial charge in [0.2, 0.25) is 0 Å². The summed E-state index contributed by atoms with van der Waals surface area (Å²) in [6.45, 7) is 2.99. The SMILES string of the molecule is COC1CC(CN)(N2CCc3sccc3C2)C1. The van der Waals surface area contributed by atoms with E-state index >= 15 is 0 Å². The Morgan fingerprint density at radius 1 is 1.59 bits per heavy atom. The molecule has 17 heavy (non-hydrogen) atoms. The number of hydrogen-bond donors (Lipinski definition) is 1. The highest BCUT2D eigenvalue weighted by atomic mass is 32.1. The van der Waals surface area contributed by atoms with Gasteiger partial charge in [0.05, 0.1) is 6.10 Å². The minimum atomic E-state index is 0.209. The van der Waals surface area contributed by atoms with E-state index in [0.29, 0.717) is 6.10 Å². The van der Waals surface area contributed by atoms with Crippen molar-refractivity contribution < 1.29 is 4.74 Å². The largest absolute Gasteiger partial charge is 0.381 e. The third-order valence-corrected chi connectivity index (χ3v) is 5.43. The van der Waals surface area contributed by atoms with Gasteiger partial charge in [-0.15, -0.1) is 11.3 Å². The maximum atomic E-state index is 6.02. The summed E-state index contributed by atoms with van der Waals surface area (Å²) < 4.78 is 5.41. The van der Waals surface area contributed by atoms with Gasteiger partial charge < -0.3 is 10.5 Å². The highest BCUT2D eigenvalue weighted by Crippen LogP contribution is 2.41. The van der Waals surface area contributed by atoms with Crippen LogP contribution in [0.3, 0.4) is 0 Å². The maximum absolute atomic E-state index is 6.02. The molecule has 2 heterocycles. The Bertz CT molecular complexity index is 398. The second-order valence-corrected chi connectivity index (χ2v) is 6.24. The number of nitrogens with two attached hydrogens (primary N) is 1. The number of fused-ring (bicyclic) bond motifs is 1. The van der Waals surface area contributed by atoms with Gasteiger partial charge in [-0.3, -0.25) is 4.90 Å².